The maximum absolute atomic E-state index is 10.5. The van der Waals surface area contributed by atoms with Gasteiger partial charge in [-0.25, -0.2) is 0 Å². The lowest BCUT2D eigenvalue weighted by Gasteiger charge is -2.33. The molecule has 2 fully saturated rings. The summed E-state index contributed by atoms with van der Waals surface area (Å²) < 4.78 is 0. The molecule has 0 heterocycles. The number of allylic oxidation sites excluding steroid dienone is 2. The van der Waals surface area contributed by atoms with Crippen LogP contribution in [-0.4, -0.2) is 18.9 Å². The molecular weight excluding hydrogens is 336 g/mol. The van der Waals surface area contributed by atoms with E-state index in [9.17, 15) is 14.4 Å². The quantitative estimate of drug-likeness (QED) is 0.407. The number of hydrogen-bond acceptors (Lipinski definition) is 3. The highest BCUT2D eigenvalue weighted by molar-refractivity contribution is 5.56. The van der Waals surface area contributed by atoms with E-state index in [-0.39, 0.29) is 5.41 Å². The van der Waals surface area contributed by atoms with Crippen LogP contribution in [0.2, 0.25) is 0 Å². The fourth-order valence-corrected chi connectivity index (χ4v) is 4.22. The molecule has 0 aliphatic heterocycles. The van der Waals surface area contributed by atoms with E-state index < -0.39 is 0 Å². The van der Waals surface area contributed by atoms with Crippen molar-refractivity contribution in [1.82, 2.24) is 0 Å². The smallest absolute Gasteiger partial charge is 0.124 e. The Kier molecular flexibility index (Phi) is 11.5. The fourth-order valence-electron chi connectivity index (χ4n) is 4.22. The third kappa shape index (κ3) is 10.0. The predicted octanol–water partition coefficient (Wildman–Crippen LogP) is 6.24. The van der Waals surface area contributed by atoms with Crippen molar-refractivity contribution in [2.45, 2.75) is 104 Å². The van der Waals surface area contributed by atoms with E-state index in [1.54, 1.807) is 0 Å². The molecule has 3 nitrogen and oxygen atoms in total. The second kappa shape index (κ2) is 13.0. The van der Waals surface area contributed by atoms with Crippen molar-refractivity contribution in [1.29, 1.82) is 0 Å². The van der Waals surface area contributed by atoms with E-state index in [2.05, 4.69) is 20.8 Å². The number of hydrogen-bond donors (Lipinski definition) is 0. The second-order valence-electron chi connectivity index (χ2n) is 9.09. The Morgan fingerprint density at radius 2 is 1.59 bits per heavy atom. The third-order valence-corrected chi connectivity index (χ3v) is 6.21. The highest BCUT2D eigenvalue weighted by atomic mass is 16.1. The Morgan fingerprint density at radius 1 is 0.926 bits per heavy atom. The molecule has 0 N–H and O–H groups in total. The Balaban J connectivity index is 0.000000218. The third-order valence-electron chi connectivity index (χ3n) is 6.21. The van der Waals surface area contributed by atoms with Crippen LogP contribution in [0.5, 0.6) is 0 Å². The van der Waals surface area contributed by atoms with E-state index in [1.807, 2.05) is 0 Å². The standard InChI is InChI=1S/C11H18O.C9H16O.C4H6O/c1-9-5-4-7-11(2,3)10(9)6-8-12;10-8-4-7-9-5-2-1-3-6-9;5-3-4-1-2-4/h8H,4-7H2,1-3H3;8-9H,1-7H2;3-4H,1-2H2. The summed E-state index contributed by atoms with van der Waals surface area (Å²) in [4.78, 5) is 30.1. The zero-order valence-electron chi connectivity index (χ0n) is 17.8. The first-order valence-corrected chi connectivity index (χ1v) is 11.0. The molecule has 27 heavy (non-hydrogen) atoms. The van der Waals surface area contributed by atoms with Crippen LogP contribution in [0.25, 0.3) is 0 Å². The van der Waals surface area contributed by atoms with Gasteiger partial charge in [-0.2, -0.15) is 0 Å². The average Bonchev–Trinajstić information content (AvgIpc) is 3.49. The van der Waals surface area contributed by atoms with Crippen molar-refractivity contribution in [3.8, 4) is 0 Å². The van der Waals surface area contributed by atoms with E-state index in [0.29, 0.717) is 12.3 Å². The number of carbonyl (C=O) groups excluding carboxylic acids is 3. The van der Waals surface area contributed by atoms with Crippen LogP contribution in [0.3, 0.4) is 0 Å². The summed E-state index contributed by atoms with van der Waals surface area (Å²) in [7, 11) is 0. The van der Waals surface area contributed by atoms with Crippen molar-refractivity contribution in [2.24, 2.45) is 17.3 Å². The molecule has 154 valence electrons. The largest absolute Gasteiger partial charge is 0.303 e. The highest BCUT2D eigenvalue weighted by Gasteiger charge is 2.27. The van der Waals surface area contributed by atoms with Crippen LogP contribution >= 0.6 is 0 Å². The van der Waals surface area contributed by atoms with Gasteiger partial charge >= 0.3 is 0 Å². The summed E-state index contributed by atoms with van der Waals surface area (Å²) in [6.45, 7) is 6.66. The minimum atomic E-state index is 0.267. The molecule has 0 radical (unpaired) electrons. The minimum absolute atomic E-state index is 0.267. The van der Waals surface area contributed by atoms with Crippen LogP contribution in [-0.2, 0) is 14.4 Å². The Bertz CT molecular complexity index is 480. The number of rotatable bonds is 6. The zero-order valence-corrected chi connectivity index (χ0v) is 17.8. The molecule has 0 saturated heterocycles. The minimum Gasteiger partial charge on any atom is -0.303 e. The van der Waals surface area contributed by atoms with Gasteiger partial charge in [0.2, 0.25) is 0 Å². The molecule has 2 saturated carbocycles. The van der Waals surface area contributed by atoms with Gasteiger partial charge in [-0.3, -0.25) is 0 Å². The lowest BCUT2D eigenvalue weighted by atomic mass is 9.72. The molecule has 0 unspecified atom stereocenters. The van der Waals surface area contributed by atoms with Crippen LogP contribution in [0.4, 0.5) is 0 Å². The predicted molar refractivity (Wildman–Crippen MR) is 112 cm³/mol. The lowest BCUT2D eigenvalue weighted by molar-refractivity contribution is -0.109. The Morgan fingerprint density at radius 3 is 2.04 bits per heavy atom. The maximum atomic E-state index is 10.5. The first kappa shape index (κ1) is 23.8. The lowest BCUT2D eigenvalue weighted by Crippen LogP contribution is -2.20. The Labute approximate surface area is 166 Å². The molecule has 0 aromatic heterocycles. The summed E-state index contributed by atoms with van der Waals surface area (Å²) in [5.41, 5.74) is 3.09. The van der Waals surface area contributed by atoms with Gasteiger partial charge in [0.05, 0.1) is 0 Å². The molecule has 0 aromatic carbocycles. The van der Waals surface area contributed by atoms with Gasteiger partial charge in [-0.05, 0) is 56.8 Å². The summed E-state index contributed by atoms with van der Waals surface area (Å²) in [5.74, 6) is 1.33. The summed E-state index contributed by atoms with van der Waals surface area (Å²) >= 11 is 0. The highest BCUT2D eigenvalue weighted by Crippen LogP contribution is 2.41. The molecule has 0 bridgehead atoms. The average molecular weight is 377 g/mol. The van der Waals surface area contributed by atoms with E-state index in [4.69, 9.17) is 0 Å². The van der Waals surface area contributed by atoms with Crippen molar-refractivity contribution in [3.05, 3.63) is 11.1 Å². The number of aldehydes is 3. The first-order valence-electron chi connectivity index (χ1n) is 11.0. The number of carbonyl (C=O) groups is 3. The zero-order chi connectivity index (χ0) is 20.1. The topological polar surface area (TPSA) is 51.2 Å². The van der Waals surface area contributed by atoms with Gasteiger partial charge in [0.15, 0.2) is 0 Å². The Hall–Kier alpha value is -1.25. The monoisotopic (exact) mass is 376 g/mol. The van der Waals surface area contributed by atoms with Gasteiger partial charge in [0.1, 0.15) is 18.9 Å². The van der Waals surface area contributed by atoms with Crippen LogP contribution in [0.15, 0.2) is 11.1 Å². The SMILES string of the molecule is CC1=C(CC=O)C(C)(C)CCC1.O=CC1CC1.O=CCCC1CCCCC1. The van der Waals surface area contributed by atoms with Gasteiger partial charge in [0.25, 0.3) is 0 Å². The summed E-state index contributed by atoms with van der Waals surface area (Å²) in [6.07, 6.45) is 18.6. The van der Waals surface area contributed by atoms with Gasteiger partial charge < -0.3 is 14.4 Å². The molecule has 3 rings (SSSR count). The molecule has 0 atom stereocenters. The second-order valence-corrected chi connectivity index (χ2v) is 9.09. The molecule has 0 amide bonds. The molecule has 3 heteroatoms. The van der Waals surface area contributed by atoms with E-state index >= 15 is 0 Å². The molecule has 3 aliphatic rings. The van der Waals surface area contributed by atoms with E-state index in [0.717, 1.165) is 50.5 Å². The first-order chi connectivity index (χ1) is 12.9. The molecule has 0 spiro atoms. The maximum Gasteiger partial charge on any atom is 0.124 e. The molecule has 0 aromatic rings. The van der Waals surface area contributed by atoms with Crippen molar-refractivity contribution < 1.29 is 14.4 Å². The van der Waals surface area contributed by atoms with E-state index in [1.165, 1.54) is 62.5 Å². The summed E-state index contributed by atoms with van der Waals surface area (Å²) in [5, 5.41) is 0. The molecular formula is C24H40O3. The van der Waals surface area contributed by atoms with Crippen molar-refractivity contribution in [3.63, 3.8) is 0 Å². The molecule has 3 aliphatic carbocycles. The van der Waals surface area contributed by atoms with Crippen LogP contribution in [0.1, 0.15) is 104 Å². The van der Waals surface area contributed by atoms with Gasteiger partial charge in [-0.1, -0.05) is 57.1 Å². The van der Waals surface area contributed by atoms with Crippen molar-refractivity contribution in [2.75, 3.05) is 0 Å². The fraction of sp³-hybridized carbons (Fsp3) is 0.792. The van der Waals surface area contributed by atoms with Gasteiger partial charge in [0, 0.05) is 18.8 Å². The summed E-state index contributed by atoms with van der Waals surface area (Å²) in [6, 6.07) is 0. The van der Waals surface area contributed by atoms with Crippen LogP contribution in [0, 0.1) is 17.3 Å². The van der Waals surface area contributed by atoms with Crippen LogP contribution < -0.4 is 0 Å². The normalized spacial score (nSPS) is 21.9. The van der Waals surface area contributed by atoms with Crippen molar-refractivity contribution >= 4 is 18.9 Å². The van der Waals surface area contributed by atoms with Gasteiger partial charge in [-0.15, -0.1) is 0 Å².